The lowest BCUT2D eigenvalue weighted by molar-refractivity contribution is -0.265. The van der Waals surface area contributed by atoms with Gasteiger partial charge in [0, 0.05) is 69.1 Å². The second kappa shape index (κ2) is 29.3. The lowest BCUT2D eigenvalue weighted by Crippen LogP contribution is -2.61. The van der Waals surface area contributed by atoms with E-state index in [0.29, 0.717) is 80.4 Å². The zero-order valence-corrected chi connectivity index (χ0v) is 49.1. The van der Waals surface area contributed by atoms with Gasteiger partial charge in [-0.25, -0.2) is 4.79 Å². The van der Waals surface area contributed by atoms with Gasteiger partial charge < -0.3 is 43.3 Å². The third-order valence-corrected chi connectivity index (χ3v) is 19.5. The SMILES string of the molecule is CO[C@H]1C[C@@H]2CC[C@@H](C)[C@@](O)(O2)C(=O)C(=O)N2CCCC[C@H]2C(=O)OC([C@H](C)CC2CC[C@@H](OP(=O)(c3ccccc3)c3ccccc3)[C@H](OC)C2)CC(=O)[C@H](C)/C=C(\C)[C@@H](O)[C@@H](OC)C(=O)[C@H](C)C[C@H](C)/C=C/C=C/C=C/1C. The van der Waals surface area contributed by atoms with Gasteiger partial charge in [0.15, 0.2) is 5.78 Å². The van der Waals surface area contributed by atoms with Gasteiger partial charge in [-0.1, -0.05) is 107 Å². The normalized spacial score (nSPS) is 35.5. The molecule has 1 amide bonds. The van der Waals surface area contributed by atoms with Crippen LogP contribution in [0.25, 0.3) is 0 Å². The van der Waals surface area contributed by atoms with E-state index < -0.39 is 103 Å². The number of rotatable bonds is 10. The maximum absolute atomic E-state index is 15.0. The minimum atomic E-state index is -3.55. The molecule has 2 N–H and O–H groups in total. The number of methoxy groups -OCH3 is 3. The quantitative estimate of drug-likeness (QED) is 0.0987. The number of carbonyl (C=O) groups is 5. The zero-order chi connectivity index (χ0) is 57.6. The number of aliphatic hydroxyl groups is 2. The Balaban J connectivity index is 1.29. The van der Waals surface area contributed by atoms with Crippen LogP contribution in [-0.4, -0.2) is 127 Å². The number of piperidine rings is 1. The van der Waals surface area contributed by atoms with Crippen molar-refractivity contribution in [3.05, 3.63) is 108 Å². The standard InChI is InChI=1S/C63H88NO14P/c1-40-22-14-11-15-23-41(2)54(73-8)38-48-31-29-46(7)63(71,77-48)60(68)61(69)64-33-21-20-28-51(64)62(70)76-55(39-52(65)42(3)35-45(6)58(67)59(75-10)57(66)44(5)34-40)43(4)36-47-30-32-53(56(37-47)74-9)78-79(72,49-24-16-12-17-25-49)50-26-18-13-19-27-50/h11-19,22-27,35,40,42-44,46-48,51,53-56,58-59,67,71H,20-21,28-34,36-39H2,1-10H3/b15-11+,22-14+,41-23+,45-35+/t40-,42-,43-,44-,46-,47?,48+,51+,53-,54+,55?,56-,58-,59+,63-/m1/s1. The number of ketones is 3. The highest BCUT2D eigenvalue weighted by atomic mass is 31.2. The van der Waals surface area contributed by atoms with Crippen molar-refractivity contribution >= 4 is 47.2 Å². The maximum atomic E-state index is 15.0. The molecule has 2 saturated heterocycles. The largest absolute Gasteiger partial charge is 0.460 e. The Kier molecular flexibility index (Phi) is 23.6. The number of amides is 1. The van der Waals surface area contributed by atoms with Crippen molar-refractivity contribution in [1.29, 1.82) is 0 Å². The van der Waals surface area contributed by atoms with Crippen molar-refractivity contribution in [2.24, 2.45) is 35.5 Å². The summed E-state index contributed by atoms with van der Waals surface area (Å²) in [5, 5.41) is 24.8. The molecule has 6 rings (SSSR count). The predicted molar refractivity (Wildman–Crippen MR) is 304 cm³/mol. The van der Waals surface area contributed by atoms with Crippen LogP contribution < -0.4 is 10.6 Å². The average molecular weight is 1110 g/mol. The number of fused-ring (bicyclic) bond motifs is 3. The predicted octanol–water partition coefficient (Wildman–Crippen LogP) is 9.13. The summed E-state index contributed by atoms with van der Waals surface area (Å²) < 4.78 is 51.9. The molecule has 2 aromatic rings. The highest BCUT2D eigenvalue weighted by Gasteiger charge is 2.53. The Labute approximate surface area is 469 Å². The fourth-order valence-corrected chi connectivity index (χ4v) is 14.2. The summed E-state index contributed by atoms with van der Waals surface area (Å²) >= 11 is 0. The number of nitrogens with zero attached hydrogens (tertiary/aromatic N) is 1. The lowest BCUT2D eigenvalue weighted by Gasteiger charge is -2.42. The fourth-order valence-electron chi connectivity index (χ4n) is 11.9. The number of benzene rings is 2. The van der Waals surface area contributed by atoms with Crippen LogP contribution in [0.15, 0.2) is 108 Å². The first-order valence-electron chi connectivity index (χ1n) is 28.5. The van der Waals surface area contributed by atoms with Gasteiger partial charge in [0.05, 0.1) is 24.4 Å². The number of allylic oxidation sites excluding steroid dienone is 6. The molecule has 3 aliphatic heterocycles. The minimum absolute atomic E-state index is 0.000329. The summed E-state index contributed by atoms with van der Waals surface area (Å²) in [4.78, 5) is 73.1. The molecule has 16 heteroatoms. The number of hydrogen-bond acceptors (Lipinski definition) is 14. The molecule has 2 unspecified atom stereocenters. The molecule has 15 nitrogen and oxygen atoms in total. The molecule has 2 aromatic carbocycles. The number of esters is 1. The molecule has 79 heavy (non-hydrogen) atoms. The van der Waals surface area contributed by atoms with E-state index in [4.69, 9.17) is 28.2 Å². The highest BCUT2D eigenvalue weighted by Crippen LogP contribution is 2.49. The van der Waals surface area contributed by atoms with Crippen molar-refractivity contribution in [1.82, 2.24) is 4.90 Å². The van der Waals surface area contributed by atoms with Gasteiger partial charge in [-0.05, 0) is 131 Å². The molecular formula is C63H88NO14P. The van der Waals surface area contributed by atoms with Gasteiger partial charge in [0.2, 0.25) is 5.79 Å². The summed E-state index contributed by atoms with van der Waals surface area (Å²) in [5.74, 6) is -8.37. The minimum Gasteiger partial charge on any atom is -0.460 e. The molecule has 0 spiro atoms. The van der Waals surface area contributed by atoms with Crippen molar-refractivity contribution in [2.45, 2.75) is 180 Å². The van der Waals surface area contributed by atoms with Crippen LogP contribution in [0.1, 0.15) is 126 Å². The van der Waals surface area contributed by atoms with Crippen LogP contribution in [0.4, 0.5) is 0 Å². The molecule has 3 heterocycles. The number of Topliss-reactive ketones (excluding diaryl/α,β-unsaturated/α-hetero) is 3. The van der Waals surface area contributed by atoms with Crippen LogP contribution >= 0.6 is 7.37 Å². The van der Waals surface area contributed by atoms with E-state index in [2.05, 4.69) is 0 Å². The number of hydrogen-bond donors (Lipinski definition) is 2. The number of ether oxygens (including phenoxy) is 5. The summed E-state index contributed by atoms with van der Waals surface area (Å²) in [5.41, 5.74) is 1.24. The van der Waals surface area contributed by atoms with Crippen molar-refractivity contribution in [2.75, 3.05) is 27.9 Å². The van der Waals surface area contributed by atoms with E-state index in [9.17, 15) is 38.8 Å². The smallest absolute Gasteiger partial charge is 0.329 e. The van der Waals surface area contributed by atoms with Crippen LogP contribution in [0.2, 0.25) is 0 Å². The van der Waals surface area contributed by atoms with Crippen molar-refractivity contribution in [3.8, 4) is 0 Å². The Morgan fingerprint density at radius 3 is 2.08 bits per heavy atom. The van der Waals surface area contributed by atoms with E-state index in [1.165, 1.54) is 12.0 Å². The molecule has 0 radical (unpaired) electrons. The first-order valence-corrected chi connectivity index (χ1v) is 30.2. The van der Waals surface area contributed by atoms with Gasteiger partial charge in [-0.3, -0.25) is 23.7 Å². The van der Waals surface area contributed by atoms with Gasteiger partial charge in [-0.15, -0.1) is 0 Å². The van der Waals surface area contributed by atoms with Crippen molar-refractivity contribution in [3.63, 3.8) is 0 Å². The Morgan fingerprint density at radius 2 is 1.44 bits per heavy atom. The van der Waals surface area contributed by atoms with E-state index in [-0.39, 0.29) is 42.8 Å². The Morgan fingerprint density at radius 1 is 0.772 bits per heavy atom. The van der Waals surface area contributed by atoms with E-state index in [1.54, 1.807) is 41.1 Å². The van der Waals surface area contributed by atoms with Crippen LogP contribution in [0.5, 0.6) is 0 Å². The molecule has 1 aliphatic carbocycles. The lowest BCUT2D eigenvalue weighted by atomic mass is 9.78. The molecule has 3 fully saturated rings. The molecule has 434 valence electrons. The van der Waals surface area contributed by atoms with E-state index in [0.717, 1.165) is 5.57 Å². The van der Waals surface area contributed by atoms with Gasteiger partial charge in [-0.2, -0.15) is 0 Å². The summed E-state index contributed by atoms with van der Waals surface area (Å²) in [6.45, 7) is 12.7. The van der Waals surface area contributed by atoms with Crippen LogP contribution in [0, 0.1) is 35.5 Å². The molecule has 1 saturated carbocycles. The number of cyclic esters (lactones) is 1. The van der Waals surface area contributed by atoms with Gasteiger partial charge in [0.1, 0.15) is 30.1 Å². The van der Waals surface area contributed by atoms with E-state index >= 15 is 0 Å². The second-order valence-corrected chi connectivity index (χ2v) is 25.2. The molecular weight excluding hydrogens is 1030 g/mol. The van der Waals surface area contributed by atoms with E-state index in [1.807, 2.05) is 119 Å². The second-order valence-electron chi connectivity index (χ2n) is 22.9. The summed E-state index contributed by atoms with van der Waals surface area (Å²) in [7, 11) is 1.02. The topological polar surface area (TPSA) is 201 Å². The first-order chi connectivity index (χ1) is 37.6. The Hall–Kier alpha value is -4.70. The van der Waals surface area contributed by atoms with Gasteiger partial charge in [0.25, 0.3) is 19.1 Å². The average Bonchev–Trinajstić information content (AvgIpc) is 3.46. The van der Waals surface area contributed by atoms with Crippen molar-refractivity contribution < 1.29 is 67.0 Å². The third kappa shape index (κ3) is 16.1. The summed E-state index contributed by atoms with van der Waals surface area (Å²) in [6, 6.07) is 17.2. The van der Waals surface area contributed by atoms with Gasteiger partial charge >= 0.3 is 5.97 Å². The molecule has 2 bridgehead atoms. The molecule has 4 aliphatic rings. The molecule has 0 aromatic heterocycles. The zero-order valence-electron chi connectivity index (χ0n) is 48.2. The first kappa shape index (κ1) is 63.5. The highest BCUT2D eigenvalue weighted by molar-refractivity contribution is 7.74. The summed E-state index contributed by atoms with van der Waals surface area (Å²) in [6.07, 6.45) is 10.6. The maximum Gasteiger partial charge on any atom is 0.329 e. The number of carbonyl (C=O) groups excluding carboxylic acids is 5. The Bertz CT molecular complexity index is 2500. The monoisotopic (exact) mass is 1110 g/mol. The van der Waals surface area contributed by atoms with Crippen LogP contribution in [0.3, 0.4) is 0 Å². The third-order valence-electron chi connectivity index (χ3n) is 16.9. The number of aliphatic hydroxyl groups excluding tert-OH is 1. The fraction of sp³-hybridized carbons (Fsp3) is 0.603. The molecule has 15 atom stereocenters. The van der Waals surface area contributed by atoms with Crippen LogP contribution in [-0.2, 0) is 56.7 Å².